The molecule has 1 aromatic heterocycles. The maximum atomic E-state index is 9.43. The first-order valence-electron chi connectivity index (χ1n) is 6.67. The van der Waals surface area contributed by atoms with Crippen LogP contribution in [0.5, 0.6) is 11.5 Å². The average molecular weight is 300 g/mol. The standard InChI is InChI=1S/C17H16O3S/c1-19-14-6-7-16(12(8-14)9-18)20-10-13-11-21-17-5-3-2-4-15(13)17/h2-8,11,18H,9-10H2,1H3. The van der Waals surface area contributed by atoms with E-state index in [1.54, 1.807) is 24.5 Å². The Morgan fingerprint density at radius 1 is 1.10 bits per heavy atom. The van der Waals surface area contributed by atoms with Gasteiger partial charge in [-0.2, -0.15) is 0 Å². The second-order valence-corrected chi connectivity index (χ2v) is 5.59. The molecule has 0 unspecified atom stereocenters. The zero-order chi connectivity index (χ0) is 14.7. The Hall–Kier alpha value is -2.04. The quantitative estimate of drug-likeness (QED) is 0.774. The number of benzene rings is 2. The summed E-state index contributed by atoms with van der Waals surface area (Å²) in [5.74, 6) is 1.40. The van der Waals surface area contributed by atoms with Crippen LogP contribution in [-0.4, -0.2) is 12.2 Å². The van der Waals surface area contributed by atoms with Gasteiger partial charge in [0.1, 0.15) is 18.1 Å². The molecule has 0 atom stereocenters. The van der Waals surface area contributed by atoms with Crippen LogP contribution >= 0.6 is 11.3 Å². The Labute approximate surface area is 127 Å². The van der Waals surface area contributed by atoms with E-state index in [9.17, 15) is 5.11 Å². The van der Waals surface area contributed by atoms with Crippen LogP contribution in [0.1, 0.15) is 11.1 Å². The van der Waals surface area contributed by atoms with Gasteiger partial charge in [-0.15, -0.1) is 11.3 Å². The van der Waals surface area contributed by atoms with E-state index in [1.165, 1.54) is 10.1 Å². The van der Waals surface area contributed by atoms with Crippen LogP contribution in [0.3, 0.4) is 0 Å². The number of hydrogen-bond donors (Lipinski definition) is 1. The number of aliphatic hydroxyl groups excluding tert-OH is 1. The Kier molecular flexibility index (Phi) is 4.08. The minimum absolute atomic E-state index is 0.0725. The third-order valence-corrected chi connectivity index (χ3v) is 4.39. The van der Waals surface area contributed by atoms with Gasteiger partial charge in [0.2, 0.25) is 0 Å². The molecule has 0 aliphatic rings. The highest BCUT2D eigenvalue weighted by atomic mass is 32.1. The molecule has 3 aromatic rings. The fourth-order valence-corrected chi connectivity index (χ4v) is 3.19. The molecule has 1 heterocycles. The van der Waals surface area contributed by atoms with Crippen molar-refractivity contribution in [2.75, 3.05) is 7.11 Å². The van der Waals surface area contributed by atoms with Crippen molar-refractivity contribution in [3.05, 3.63) is 59.0 Å². The second kappa shape index (κ2) is 6.16. The lowest BCUT2D eigenvalue weighted by molar-refractivity contribution is 0.258. The van der Waals surface area contributed by atoms with E-state index >= 15 is 0 Å². The highest BCUT2D eigenvalue weighted by Gasteiger charge is 2.08. The van der Waals surface area contributed by atoms with E-state index in [0.29, 0.717) is 18.1 Å². The average Bonchev–Trinajstić information content (AvgIpc) is 2.96. The van der Waals surface area contributed by atoms with Gasteiger partial charge in [-0.25, -0.2) is 0 Å². The number of ether oxygens (including phenoxy) is 2. The van der Waals surface area contributed by atoms with Crippen LogP contribution in [0.4, 0.5) is 0 Å². The summed E-state index contributed by atoms with van der Waals surface area (Å²) in [7, 11) is 1.61. The summed E-state index contributed by atoms with van der Waals surface area (Å²) in [4.78, 5) is 0. The third kappa shape index (κ3) is 2.86. The summed E-state index contributed by atoms with van der Waals surface area (Å²) in [6, 6.07) is 13.7. The lowest BCUT2D eigenvalue weighted by Crippen LogP contribution is -1.99. The zero-order valence-electron chi connectivity index (χ0n) is 11.7. The van der Waals surface area contributed by atoms with Gasteiger partial charge in [0.15, 0.2) is 0 Å². The smallest absolute Gasteiger partial charge is 0.125 e. The Balaban J connectivity index is 1.81. The molecule has 0 aliphatic carbocycles. The molecule has 21 heavy (non-hydrogen) atoms. The van der Waals surface area contributed by atoms with Gasteiger partial charge in [-0.1, -0.05) is 18.2 Å². The van der Waals surface area contributed by atoms with Crippen molar-refractivity contribution in [3.8, 4) is 11.5 Å². The number of rotatable bonds is 5. The molecule has 0 amide bonds. The molecule has 0 saturated carbocycles. The first-order valence-corrected chi connectivity index (χ1v) is 7.55. The summed E-state index contributed by atoms with van der Waals surface area (Å²) in [6.07, 6.45) is 0. The van der Waals surface area contributed by atoms with Crippen molar-refractivity contribution in [2.24, 2.45) is 0 Å². The van der Waals surface area contributed by atoms with Gasteiger partial charge in [0.05, 0.1) is 13.7 Å². The predicted octanol–water partition coefficient (Wildman–Crippen LogP) is 3.98. The highest BCUT2D eigenvalue weighted by Crippen LogP contribution is 2.29. The van der Waals surface area contributed by atoms with E-state index in [-0.39, 0.29) is 6.61 Å². The molecule has 0 bridgehead atoms. The number of methoxy groups -OCH3 is 1. The third-order valence-electron chi connectivity index (χ3n) is 3.38. The Morgan fingerprint density at radius 2 is 1.95 bits per heavy atom. The van der Waals surface area contributed by atoms with Crippen molar-refractivity contribution in [2.45, 2.75) is 13.2 Å². The molecule has 3 nitrogen and oxygen atoms in total. The molecule has 0 saturated heterocycles. The Bertz CT molecular complexity index is 749. The first kappa shape index (κ1) is 13.9. The highest BCUT2D eigenvalue weighted by molar-refractivity contribution is 7.17. The van der Waals surface area contributed by atoms with Gasteiger partial charge in [-0.3, -0.25) is 0 Å². The van der Waals surface area contributed by atoms with Gasteiger partial charge < -0.3 is 14.6 Å². The molecule has 4 heteroatoms. The van der Waals surface area contributed by atoms with E-state index < -0.39 is 0 Å². The fourth-order valence-electron chi connectivity index (χ4n) is 2.25. The maximum absolute atomic E-state index is 9.43. The van der Waals surface area contributed by atoms with Crippen LogP contribution in [0, 0.1) is 0 Å². The van der Waals surface area contributed by atoms with Crippen molar-refractivity contribution in [1.29, 1.82) is 0 Å². The SMILES string of the molecule is COc1ccc(OCc2csc3ccccc23)c(CO)c1. The second-order valence-electron chi connectivity index (χ2n) is 4.68. The number of hydrogen-bond acceptors (Lipinski definition) is 4. The summed E-state index contributed by atoms with van der Waals surface area (Å²) in [5, 5.41) is 12.8. The number of aliphatic hydroxyl groups is 1. The summed E-state index contributed by atoms with van der Waals surface area (Å²) >= 11 is 1.72. The van der Waals surface area contributed by atoms with Crippen molar-refractivity contribution in [3.63, 3.8) is 0 Å². The van der Waals surface area contributed by atoms with E-state index in [4.69, 9.17) is 9.47 Å². The number of fused-ring (bicyclic) bond motifs is 1. The lowest BCUT2D eigenvalue weighted by atomic mass is 10.2. The van der Waals surface area contributed by atoms with Crippen molar-refractivity contribution in [1.82, 2.24) is 0 Å². The van der Waals surface area contributed by atoms with Crippen molar-refractivity contribution < 1.29 is 14.6 Å². The van der Waals surface area contributed by atoms with Crippen LogP contribution < -0.4 is 9.47 Å². The maximum Gasteiger partial charge on any atom is 0.125 e. The molecule has 0 spiro atoms. The normalized spacial score (nSPS) is 10.8. The predicted molar refractivity (Wildman–Crippen MR) is 85.1 cm³/mol. The van der Waals surface area contributed by atoms with Gasteiger partial charge in [-0.05, 0) is 35.0 Å². The lowest BCUT2D eigenvalue weighted by Gasteiger charge is -2.11. The largest absolute Gasteiger partial charge is 0.497 e. The van der Waals surface area contributed by atoms with Crippen LogP contribution in [0.25, 0.3) is 10.1 Å². The summed E-state index contributed by atoms with van der Waals surface area (Å²) in [5.41, 5.74) is 1.89. The summed E-state index contributed by atoms with van der Waals surface area (Å²) < 4.78 is 12.3. The van der Waals surface area contributed by atoms with Gasteiger partial charge >= 0.3 is 0 Å². The van der Waals surface area contributed by atoms with Gasteiger partial charge in [0.25, 0.3) is 0 Å². The molecule has 0 aliphatic heterocycles. The van der Waals surface area contributed by atoms with Crippen molar-refractivity contribution >= 4 is 21.4 Å². The minimum atomic E-state index is -0.0725. The van der Waals surface area contributed by atoms with Crippen LogP contribution in [0.15, 0.2) is 47.8 Å². The fraction of sp³-hybridized carbons (Fsp3) is 0.176. The monoisotopic (exact) mass is 300 g/mol. The summed E-state index contributed by atoms with van der Waals surface area (Å²) in [6.45, 7) is 0.417. The van der Waals surface area contributed by atoms with E-state index in [2.05, 4.69) is 17.5 Å². The first-order chi connectivity index (χ1) is 10.3. The number of thiophene rings is 1. The Morgan fingerprint density at radius 3 is 2.76 bits per heavy atom. The van der Waals surface area contributed by atoms with Gasteiger partial charge in [0, 0.05) is 15.8 Å². The minimum Gasteiger partial charge on any atom is -0.497 e. The van der Waals surface area contributed by atoms with E-state index in [0.717, 1.165) is 11.1 Å². The molecule has 3 rings (SSSR count). The molecule has 0 fully saturated rings. The van der Waals surface area contributed by atoms with Crippen LogP contribution in [-0.2, 0) is 13.2 Å². The van der Waals surface area contributed by atoms with Crippen LogP contribution in [0.2, 0.25) is 0 Å². The molecule has 108 valence electrons. The topological polar surface area (TPSA) is 38.7 Å². The molecule has 0 radical (unpaired) electrons. The van der Waals surface area contributed by atoms with E-state index in [1.807, 2.05) is 24.3 Å². The molecule has 1 N–H and O–H groups in total. The molecular formula is C17H16O3S. The molecular weight excluding hydrogens is 284 g/mol. The molecule has 2 aromatic carbocycles. The zero-order valence-corrected chi connectivity index (χ0v) is 12.5.